The number of aliphatic imine (C=N–C) groups is 1. The summed E-state index contributed by atoms with van der Waals surface area (Å²) >= 11 is 5.20. The second-order valence-corrected chi connectivity index (χ2v) is 7.23. The van der Waals surface area contributed by atoms with Crippen LogP contribution in [-0.2, 0) is 4.79 Å². The van der Waals surface area contributed by atoms with Gasteiger partial charge in [-0.25, -0.2) is 4.99 Å². The summed E-state index contributed by atoms with van der Waals surface area (Å²) in [6.45, 7) is 3.95. The van der Waals surface area contributed by atoms with E-state index in [0.29, 0.717) is 29.6 Å². The van der Waals surface area contributed by atoms with Gasteiger partial charge in [-0.15, -0.1) is 0 Å². The third kappa shape index (κ3) is 4.63. The first-order valence-electron chi connectivity index (χ1n) is 7.67. The molecule has 2 N–H and O–H groups in total. The number of allylic oxidation sites excluding steroid dienone is 2. The Morgan fingerprint density at radius 2 is 2.00 bits per heavy atom. The number of Topliss-reactive ketones (excluding diaryl/α,β-unsaturated/α-hetero) is 1. The molecule has 0 atom stereocenters. The largest absolute Gasteiger partial charge is 0.511 e. The van der Waals surface area contributed by atoms with Crippen molar-refractivity contribution in [1.82, 2.24) is 5.32 Å². The van der Waals surface area contributed by atoms with Crippen molar-refractivity contribution in [2.24, 2.45) is 10.4 Å². The van der Waals surface area contributed by atoms with Gasteiger partial charge in [0.2, 0.25) is 0 Å². The maximum atomic E-state index is 12.1. The first kappa shape index (κ1) is 16.1. The predicted octanol–water partition coefficient (Wildman–Crippen LogP) is 3.47. The lowest BCUT2D eigenvalue weighted by molar-refractivity contribution is -0.117. The number of rotatable bonds is 2. The van der Waals surface area contributed by atoms with Crippen LogP contribution in [0.1, 0.15) is 58.8 Å². The van der Waals surface area contributed by atoms with Gasteiger partial charge in [-0.05, 0) is 30.5 Å². The molecule has 116 valence electrons. The molecular weight excluding hydrogens is 284 g/mol. The third-order valence-electron chi connectivity index (χ3n) is 4.14. The highest BCUT2D eigenvalue weighted by atomic mass is 32.1. The average molecular weight is 308 g/mol. The number of nitrogens with one attached hydrogen (secondary N) is 1. The maximum absolute atomic E-state index is 12.1. The molecule has 0 bridgehead atoms. The molecule has 2 rings (SSSR count). The smallest absolute Gasteiger partial charge is 0.192 e. The van der Waals surface area contributed by atoms with Crippen molar-refractivity contribution in [3.8, 4) is 0 Å². The van der Waals surface area contributed by atoms with Crippen LogP contribution in [0.3, 0.4) is 0 Å². The second kappa shape index (κ2) is 6.69. The van der Waals surface area contributed by atoms with Gasteiger partial charge in [-0.2, -0.15) is 0 Å². The minimum absolute atomic E-state index is 0.0621. The molecule has 0 aliphatic heterocycles. The molecule has 0 saturated heterocycles. The number of aliphatic hydroxyl groups excluding tert-OH is 1. The molecule has 1 fully saturated rings. The summed E-state index contributed by atoms with van der Waals surface area (Å²) in [4.78, 5) is 16.2. The molecule has 5 heteroatoms. The summed E-state index contributed by atoms with van der Waals surface area (Å²) in [5.74, 6) is 0.0634. The van der Waals surface area contributed by atoms with Crippen molar-refractivity contribution in [3.05, 3.63) is 11.3 Å². The fourth-order valence-corrected chi connectivity index (χ4v) is 3.25. The van der Waals surface area contributed by atoms with Crippen LogP contribution in [0.4, 0.5) is 0 Å². The molecule has 0 amide bonds. The SMILES string of the molecule is CC1(C)CC(=O)C(C=NC(=S)NC2CCCCC2)=C(O)C1. The number of hydrogen-bond acceptors (Lipinski definition) is 3. The number of thiocarbonyl (C=S) groups is 1. The number of ketones is 1. The molecule has 0 spiro atoms. The number of hydrogen-bond donors (Lipinski definition) is 2. The molecular formula is C16H24N2O2S. The molecule has 0 heterocycles. The van der Waals surface area contributed by atoms with E-state index in [0.717, 1.165) is 12.8 Å². The molecule has 0 aromatic rings. The van der Waals surface area contributed by atoms with E-state index in [1.807, 2.05) is 13.8 Å². The normalized spacial score (nSPS) is 23.6. The topological polar surface area (TPSA) is 61.7 Å². The van der Waals surface area contributed by atoms with Gasteiger partial charge < -0.3 is 10.4 Å². The Bertz CT molecular complexity index is 489. The first-order valence-corrected chi connectivity index (χ1v) is 8.08. The van der Waals surface area contributed by atoms with E-state index in [9.17, 15) is 9.90 Å². The Labute approximate surface area is 131 Å². The summed E-state index contributed by atoms with van der Waals surface area (Å²) in [7, 11) is 0. The quantitative estimate of drug-likeness (QED) is 0.606. The minimum Gasteiger partial charge on any atom is -0.511 e. The summed E-state index contributed by atoms with van der Waals surface area (Å²) in [5.41, 5.74) is 0.126. The summed E-state index contributed by atoms with van der Waals surface area (Å²) in [5, 5.41) is 13.6. The van der Waals surface area contributed by atoms with E-state index in [2.05, 4.69) is 10.3 Å². The van der Waals surface area contributed by atoms with Crippen LogP contribution in [0.25, 0.3) is 0 Å². The third-order valence-corrected chi connectivity index (χ3v) is 4.36. The lowest BCUT2D eigenvalue weighted by Crippen LogP contribution is -2.34. The summed E-state index contributed by atoms with van der Waals surface area (Å²) < 4.78 is 0. The van der Waals surface area contributed by atoms with Gasteiger partial charge in [-0.3, -0.25) is 4.79 Å². The molecule has 0 aromatic heterocycles. The van der Waals surface area contributed by atoms with E-state index < -0.39 is 0 Å². The number of carbonyl (C=O) groups excluding carboxylic acids is 1. The zero-order valence-electron chi connectivity index (χ0n) is 12.8. The van der Waals surface area contributed by atoms with Crippen LogP contribution in [0.5, 0.6) is 0 Å². The lowest BCUT2D eigenvalue weighted by atomic mass is 9.77. The van der Waals surface area contributed by atoms with Crippen molar-refractivity contribution in [3.63, 3.8) is 0 Å². The fourth-order valence-electron chi connectivity index (χ4n) is 3.03. The Morgan fingerprint density at radius 1 is 1.33 bits per heavy atom. The molecule has 0 radical (unpaired) electrons. The van der Waals surface area contributed by atoms with Gasteiger partial charge >= 0.3 is 0 Å². The fraction of sp³-hybridized carbons (Fsp3) is 0.688. The molecule has 2 aliphatic rings. The number of aliphatic hydroxyl groups is 1. The zero-order chi connectivity index (χ0) is 15.5. The molecule has 21 heavy (non-hydrogen) atoms. The van der Waals surface area contributed by atoms with Gasteiger partial charge in [0.1, 0.15) is 5.76 Å². The van der Waals surface area contributed by atoms with Crippen molar-refractivity contribution in [2.45, 2.75) is 64.8 Å². The Kier molecular flexibility index (Phi) is 5.14. The van der Waals surface area contributed by atoms with Crippen molar-refractivity contribution >= 4 is 29.3 Å². The molecule has 0 unspecified atom stereocenters. The van der Waals surface area contributed by atoms with E-state index in [1.54, 1.807) is 0 Å². The average Bonchev–Trinajstić information content (AvgIpc) is 2.37. The monoisotopic (exact) mass is 308 g/mol. The summed E-state index contributed by atoms with van der Waals surface area (Å²) in [6, 6.07) is 0.395. The van der Waals surface area contributed by atoms with Crippen molar-refractivity contribution in [2.75, 3.05) is 0 Å². The molecule has 1 saturated carbocycles. The van der Waals surface area contributed by atoms with Crippen LogP contribution in [-0.4, -0.2) is 28.3 Å². The number of carbonyl (C=O) groups is 1. The Morgan fingerprint density at radius 3 is 2.62 bits per heavy atom. The van der Waals surface area contributed by atoms with E-state index in [1.165, 1.54) is 25.5 Å². The predicted molar refractivity (Wildman–Crippen MR) is 88.8 cm³/mol. The van der Waals surface area contributed by atoms with Crippen LogP contribution >= 0.6 is 12.2 Å². The van der Waals surface area contributed by atoms with Gasteiger partial charge in [-0.1, -0.05) is 33.1 Å². The van der Waals surface area contributed by atoms with Gasteiger partial charge in [0.15, 0.2) is 10.9 Å². The summed E-state index contributed by atoms with van der Waals surface area (Å²) in [6.07, 6.45) is 8.34. The van der Waals surface area contributed by atoms with Crippen LogP contribution in [0, 0.1) is 5.41 Å². The highest BCUT2D eigenvalue weighted by molar-refractivity contribution is 7.80. The van der Waals surface area contributed by atoms with E-state index >= 15 is 0 Å². The van der Waals surface area contributed by atoms with E-state index in [4.69, 9.17) is 12.2 Å². The minimum atomic E-state index is -0.181. The zero-order valence-corrected chi connectivity index (χ0v) is 13.6. The van der Waals surface area contributed by atoms with Crippen LogP contribution in [0.2, 0.25) is 0 Å². The van der Waals surface area contributed by atoms with Gasteiger partial charge in [0, 0.05) is 25.1 Å². The Balaban J connectivity index is 1.96. The lowest BCUT2D eigenvalue weighted by Gasteiger charge is -2.28. The highest BCUT2D eigenvalue weighted by Crippen LogP contribution is 2.35. The molecule has 4 nitrogen and oxygen atoms in total. The van der Waals surface area contributed by atoms with E-state index in [-0.39, 0.29) is 17.0 Å². The van der Waals surface area contributed by atoms with Gasteiger partial charge in [0.05, 0.1) is 5.57 Å². The number of nitrogens with zero attached hydrogens (tertiary/aromatic N) is 1. The van der Waals surface area contributed by atoms with Crippen LogP contribution in [0.15, 0.2) is 16.3 Å². The highest BCUT2D eigenvalue weighted by Gasteiger charge is 2.32. The van der Waals surface area contributed by atoms with Crippen LogP contribution < -0.4 is 5.32 Å². The standard InChI is InChI=1S/C16H24N2O2S/c1-16(2)8-13(19)12(14(20)9-16)10-17-15(21)18-11-6-4-3-5-7-11/h10-11,19H,3-9H2,1-2H3,(H,18,21). The molecule has 2 aliphatic carbocycles. The first-order chi connectivity index (χ1) is 9.87. The second-order valence-electron chi connectivity index (χ2n) is 6.84. The van der Waals surface area contributed by atoms with Gasteiger partial charge in [0.25, 0.3) is 0 Å². The van der Waals surface area contributed by atoms with Crippen molar-refractivity contribution < 1.29 is 9.90 Å². The maximum Gasteiger partial charge on any atom is 0.192 e. The Hall–Kier alpha value is -1.23. The van der Waals surface area contributed by atoms with Crippen molar-refractivity contribution in [1.29, 1.82) is 0 Å². The molecule has 0 aromatic carbocycles.